The van der Waals surface area contributed by atoms with Gasteiger partial charge in [-0.2, -0.15) is 0 Å². The van der Waals surface area contributed by atoms with E-state index in [1.54, 1.807) is 7.05 Å². The lowest BCUT2D eigenvalue weighted by molar-refractivity contribution is -0.122. The summed E-state index contributed by atoms with van der Waals surface area (Å²) in [6, 6.07) is -0.546. The van der Waals surface area contributed by atoms with Crippen molar-refractivity contribution in [3.05, 3.63) is 0 Å². The Balaban J connectivity index is 4.05. The zero-order chi connectivity index (χ0) is 13.8. The third-order valence-corrected chi connectivity index (χ3v) is 2.53. The van der Waals surface area contributed by atoms with E-state index in [0.717, 1.165) is 25.7 Å². The van der Waals surface area contributed by atoms with Gasteiger partial charge in [-0.05, 0) is 32.2 Å². The molecule has 0 aliphatic carbocycles. The first-order valence-electron chi connectivity index (χ1n) is 6.50. The Morgan fingerprint density at radius 1 is 1.28 bits per heavy atom. The van der Waals surface area contributed by atoms with Crippen LogP contribution in [-0.4, -0.2) is 38.2 Å². The molecule has 0 saturated carbocycles. The minimum Gasteiger partial charge on any atom is -0.450 e. The maximum absolute atomic E-state index is 11.6. The lowest BCUT2D eigenvalue weighted by Crippen LogP contribution is -2.46. The molecule has 0 spiro atoms. The summed E-state index contributed by atoms with van der Waals surface area (Å²) in [4.78, 5) is 23.0. The van der Waals surface area contributed by atoms with Crippen LogP contribution in [0, 0.1) is 0 Å². The number of ether oxygens (including phenoxy) is 1. The predicted molar refractivity (Wildman–Crippen MR) is 70.2 cm³/mol. The number of likely N-dealkylation sites (N-methyl/N-ethyl adjacent to an activating group) is 1. The third-order valence-electron chi connectivity index (χ3n) is 2.53. The predicted octanol–water partition coefficient (Wildman–Crippen LogP) is 0.756. The maximum atomic E-state index is 11.6. The van der Waals surface area contributed by atoms with Crippen LogP contribution >= 0.6 is 0 Å². The number of carbonyl (C=O) groups excluding carboxylic acids is 2. The number of hydrogen-bond acceptors (Lipinski definition) is 4. The molecule has 2 amide bonds. The molecule has 0 heterocycles. The van der Waals surface area contributed by atoms with Crippen LogP contribution in [0.4, 0.5) is 4.79 Å². The van der Waals surface area contributed by atoms with Crippen molar-refractivity contribution >= 4 is 12.0 Å². The highest BCUT2D eigenvalue weighted by atomic mass is 16.5. The Hall–Kier alpha value is -1.30. The van der Waals surface area contributed by atoms with Crippen LogP contribution in [0.15, 0.2) is 0 Å². The van der Waals surface area contributed by atoms with E-state index in [4.69, 9.17) is 10.5 Å². The van der Waals surface area contributed by atoms with Gasteiger partial charge < -0.3 is 21.1 Å². The molecule has 106 valence electrons. The number of amides is 2. The topological polar surface area (TPSA) is 93.4 Å². The molecule has 0 aromatic carbocycles. The molecule has 1 atom stereocenters. The molecular weight excluding hydrogens is 234 g/mol. The summed E-state index contributed by atoms with van der Waals surface area (Å²) >= 11 is 0. The Morgan fingerprint density at radius 3 is 2.56 bits per heavy atom. The van der Waals surface area contributed by atoms with Crippen LogP contribution in [0.25, 0.3) is 0 Å². The Kier molecular flexibility index (Phi) is 10.0. The summed E-state index contributed by atoms with van der Waals surface area (Å²) in [6.07, 6.45) is 3.45. The molecule has 0 unspecified atom stereocenters. The second-order valence-electron chi connectivity index (χ2n) is 4.09. The summed E-state index contributed by atoms with van der Waals surface area (Å²) in [6.45, 7) is 2.98. The second-order valence-corrected chi connectivity index (χ2v) is 4.09. The fourth-order valence-electron chi connectivity index (χ4n) is 1.43. The van der Waals surface area contributed by atoms with E-state index in [1.165, 1.54) is 0 Å². The molecule has 6 nitrogen and oxygen atoms in total. The standard InChI is InChI=1S/C12H25N3O3/c1-3-4-9-18-12(17)15-10(11(16)14-2)7-5-6-8-13/h10H,3-9,13H2,1-2H3,(H,14,16)(H,15,17)/t10-/m0/s1. The van der Waals surface area contributed by atoms with Gasteiger partial charge in [0.2, 0.25) is 5.91 Å². The molecule has 0 bridgehead atoms. The largest absolute Gasteiger partial charge is 0.450 e. The van der Waals surface area contributed by atoms with Gasteiger partial charge in [-0.1, -0.05) is 13.3 Å². The first kappa shape index (κ1) is 16.7. The van der Waals surface area contributed by atoms with Gasteiger partial charge >= 0.3 is 6.09 Å². The van der Waals surface area contributed by atoms with Crippen molar-refractivity contribution in [3.63, 3.8) is 0 Å². The maximum Gasteiger partial charge on any atom is 0.407 e. The Labute approximate surface area is 109 Å². The summed E-state index contributed by atoms with van der Waals surface area (Å²) in [5.74, 6) is -0.209. The first-order chi connectivity index (χ1) is 8.65. The number of alkyl carbamates (subject to hydrolysis) is 1. The smallest absolute Gasteiger partial charge is 0.407 e. The molecule has 6 heteroatoms. The minimum absolute atomic E-state index is 0.209. The van der Waals surface area contributed by atoms with Crippen molar-refractivity contribution < 1.29 is 14.3 Å². The van der Waals surface area contributed by atoms with E-state index in [9.17, 15) is 9.59 Å². The van der Waals surface area contributed by atoms with E-state index in [-0.39, 0.29) is 5.91 Å². The minimum atomic E-state index is -0.546. The van der Waals surface area contributed by atoms with Gasteiger partial charge in [-0.3, -0.25) is 4.79 Å². The first-order valence-corrected chi connectivity index (χ1v) is 6.50. The molecule has 4 N–H and O–H groups in total. The van der Waals surface area contributed by atoms with Crippen molar-refractivity contribution in [1.82, 2.24) is 10.6 Å². The summed E-state index contributed by atoms with van der Waals surface area (Å²) in [7, 11) is 1.54. The van der Waals surface area contributed by atoms with Gasteiger partial charge in [-0.15, -0.1) is 0 Å². The van der Waals surface area contributed by atoms with Crippen LogP contribution in [0.1, 0.15) is 39.0 Å². The van der Waals surface area contributed by atoms with E-state index in [0.29, 0.717) is 19.6 Å². The van der Waals surface area contributed by atoms with Gasteiger partial charge in [0, 0.05) is 7.05 Å². The lowest BCUT2D eigenvalue weighted by atomic mass is 10.1. The van der Waals surface area contributed by atoms with Crippen LogP contribution in [-0.2, 0) is 9.53 Å². The number of rotatable bonds is 9. The zero-order valence-electron chi connectivity index (χ0n) is 11.3. The van der Waals surface area contributed by atoms with Gasteiger partial charge in [0.25, 0.3) is 0 Å². The Bertz CT molecular complexity index is 247. The summed E-state index contributed by atoms with van der Waals surface area (Å²) in [5.41, 5.74) is 5.39. The van der Waals surface area contributed by atoms with Gasteiger partial charge in [0.1, 0.15) is 6.04 Å². The highest BCUT2D eigenvalue weighted by molar-refractivity contribution is 5.85. The van der Waals surface area contributed by atoms with Gasteiger partial charge in [0.05, 0.1) is 6.61 Å². The normalized spacial score (nSPS) is 11.7. The second kappa shape index (κ2) is 10.8. The van der Waals surface area contributed by atoms with Crippen molar-refractivity contribution in [2.24, 2.45) is 5.73 Å². The molecule has 0 aliphatic rings. The monoisotopic (exact) mass is 259 g/mol. The number of hydrogen-bond donors (Lipinski definition) is 3. The summed E-state index contributed by atoms with van der Waals surface area (Å²) in [5, 5.41) is 5.10. The summed E-state index contributed by atoms with van der Waals surface area (Å²) < 4.78 is 4.96. The van der Waals surface area contributed by atoms with Crippen molar-refractivity contribution in [3.8, 4) is 0 Å². The average Bonchev–Trinajstić information content (AvgIpc) is 2.37. The van der Waals surface area contributed by atoms with Crippen LogP contribution in [0.3, 0.4) is 0 Å². The van der Waals surface area contributed by atoms with Gasteiger partial charge in [0.15, 0.2) is 0 Å². The van der Waals surface area contributed by atoms with Crippen LogP contribution in [0.5, 0.6) is 0 Å². The Morgan fingerprint density at radius 2 is 2.00 bits per heavy atom. The van der Waals surface area contributed by atoms with E-state index in [2.05, 4.69) is 10.6 Å². The molecule has 0 saturated heterocycles. The number of nitrogens with one attached hydrogen (secondary N) is 2. The quantitative estimate of drug-likeness (QED) is 0.533. The molecule has 0 aromatic heterocycles. The highest BCUT2D eigenvalue weighted by Gasteiger charge is 2.19. The SMILES string of the molecule is CCCCOC(=O)N[C@@H](CCCCN)C(=O)NC. The van der Waals surface area contributed by atoms with Crippen molar-refractivity contribution in [2.45, 2.75) is 45.1 Å². The van der Waals surface area contributed by atoms with Gasteiger partial charge in [-0.25, -0.2) is 4.79 Å². The molecule has 0 aliphatic heterocycles. The van der Waals surface area contributed by atoms with Crippen molar-refractivity contribution in [2.75, 3.05) is 20.2 Å². The van der Waals surface area contributed by atoms with E-state index < -0.39 is 12.1 Å². The average molecular weight is 259 g/mol. The van der Waals surface area contributed by atoms with Crippen molar-refractivity contribution in [1.29, 1.82) is 0 Å². The number of unbranched alkanes of at least 4 members (excludes halogenated alkanes) is 2. The molecule has 18 heavy (non-hydrogen) atoms. The number of nitrogens with two attached hydrogens (primary N) is 1. The van der Waals surface area contributed by atoms with Crippen LogP contribution in [0.2, 0.25) is 0 Å². The zero-order valence-corrected chi connectivity index (χ0v) is 11.3. The lowest BCUT2D eigenvalue weighted by Gasteiger charge is -2.16. The van der Waals surface area contributed by atoms with Crippen LogP contribution < -0.4 is 16.4 Å². The van der Waals surface area contributed by atoms with E-state index in [1.807, 2.05) is 6.92 Å². The molecule has 0 radical (unpaired) electrons. The highest BCUT2D eigenvalue weighted by Crippen LogP contribution is 2.01. The fourth-order valence-corrected chi connectivity index (χ4v) is 1.43. The molecular formula is C12H25N3O3. The molecule has 0 fully saturated rings. The molecule has 0 aromatic rings. The third kappa shape index (κ3) is 7.89. The van der Waals surface area contributed by atoms with E-state index >= 15 is 0 Å². The fraction of sp³-hybridized carbons (Fsp3) is 0.833. The molecule has 0 rings (SSSR count). The number of carbonyl (C=O) groups is 2.